The summed E-state index contributed by atoms with van der Waals surface area (Å²) in [4.78, 5) is 42.9. The van der Waals surface area contributed by atoms with Crippen LogP contribution in [-0.4, -0.2) is 52.7 Å². The van der Waals surface area contributed by atoms with Crippen LogP contribution >= 0.6 is 11.3 Å². The fraction of sp³-hybridized carbons (Fsp3) is 0.409. The number of nitrogens with zero attached hydrogens (tertiary/aromatic N) is 2. The first-order chi connectivity index (χ1) is 14.1. The Hall–Kier alpha value is -2.67. The average Bonchev–Trinajstić information content (AvgIpc) is 3.52. The smallest absolute Gasteiger partial charge is 0.264 e. The van der Waals surface area contributed by atoms with Crippen LogP contribution in [0.1, 0.15) is 40.9 Å². The first-order valence-corrected chi connectivity index (χ1v) is 11.0. The summed E-state index contributed by atoms with van der Waals surface area (Å²) in [5, 5.41) is 4.83. The van der Waals surface area contributed by atoms with Crippen LogP contribution in [0.3, 0.4) is 0 Å². The van der Waals surface area contributed by atoms with E-state index in [4.69, 9.17) is 0 Å². The molecule has 3 amide bonds. The van der Waals surface area contributed by atoms with Crippen molar-refractivity contribution in [2.24, 2.45) is 0 Å². The molecule has 7 heteroatoms. The summed E-state index contributed by atoms with van der Waals surface area (Å²) in [7, 11) is 0. The lowest BCUT2D eigenvalue weighted by molar-refractivity contribution is -0.141. The minimum atomic E-state index is -0.466. The maximum Gasteiger partial charge on any atom is 0.264 e. The molecule has 2 aromatic rings. The highest BCUT2D eigenvalue weighted by atomic mass is 32.1. The Kier molecular flexibility index (Phi) is 5.94. The summed E-state index contributed by atoms with van der Waals surface area (Å²) in [5.41, 5.74) is 1.03. The molecule has 2 aliphatic heterocycles. The molecule has 3 heterocycles. The summed E-state index contributed by atoms with van der Waals surface area (Å²) in [6.45, 7) is 1.61. The lowest BCUT2D eigenvalue weighted by atomic mass is 10.1. The number of hydrogen-bond donors (Lipinski definition) is 1. The number of carbonyl (C=O) groups is 3. The molecule has 0 saturated carbocycles. The zero-order chi connectivity index (χ0) is 20.2. The summed E-state index contributed by atoms with van der Waals surface area (Å²) in [5.74, 6) is -0.293. The van der Waals surface area contributed by atoms with Crippen molar-refractivity contribution in [2.45, 2.75) is 44.3 Å². The Morgan fingerprint density at radius 3 is 2.38 bits per heavy atom. The van der Waals surface area contributed by atoms with Crippen LogP contribution in [0, 0.1) is 0 Å². The molecule has 2 aliphatic rings. The minimum Gasteiger partial charge on any atom is -0.350 e. The topological polar surface area (TPSA) is 69.7 Å². The summed E-state index contributed by atoms with van der Waals surface area (Å²) >= 11 is 1.39. The third-order valence-corrected chi connectivity index (χ3v) is 6.54. The van der Waals surface area contributed by atoms with E-state index in [0.717, 1.165) is 18.4 Å². The van der Waals surface area contributed by atoms with Crippen LogP contribution in [0.25, 0.3) is 0 Å². The molecule has 0 spiro atoms. The minimum absolute atomic E-state index is 0.0832. The Labute approximate surface area is 174 Å². The molecule has 0 unspecified atom stereocenters. The molecule has 2 saturated heterocycles. The average molecular weight is 412 g/mol. The maximum atomic E-state index is 13.3. The number of rotatable bonds is 5. The summed E-state index contributed by atoms with van der Waals surface area (Å²) in [6.07, 6.45) is 2.94. The van der Waals surface area contributed by atoms with Crippen molar-refractivity contribution in [1.29, 1.82) is 0 Å². The van der Waals surface area contributed by atoms with E-state index in [9.17, 15) is 14.4 Å². The second-order valence-electron chi connectivity index (χ2n) is 7.53. The highest BCUT2D eigenvalue weighted by molar-refractivity contribution is 7.12. The highest BCUT2D eigenvalue weighted by Gasteiger charge is 2.42. The monoisotopic (exact) mass is 411 g/mol. The number of nitrogens with one attached hydrogen (secondary N) is 1. The molecule has 1 aromatic carbocycles. The molecule has 1 N–H and O–H groups in total. The Morgan fingerprint density at radius 1 is 0.931 bits per heavy atom. The van der Waals surface area contributed by atoms with Gasteiger partial charge in [0.1, 0.15) is 12.1 Å². The molecule has 0 aliphatic carbocycles. The Bertz CT molecular complexity index is 869. The zero-order valence-electron chi connectivity index (χ0n) is 16.3. The normalized spacial score (nSPS) is 21.4. The van der Waals surface area contributed by atoms with E-state index in [-0.39, 0.29) is 17.7 Å². The van der Waals surface area contributed by atoms with Crippen LogP contribution in [-0.2, 0) is 16.1 Å². The number of hydrogen-bond acceptors (Lipinski definition) is 4. The molecule has 2 atom stereocenters. The van der Waals surface area contributed by atoms with Crippen molar-refractivity contribution in [3.05, 3.63) is 58.3 Å². The molecule has 2 fully saturated rings. The van der Waals surface area contributed by atoms with Gasteiger partial charge in [0.25, 0.3) is 5.91 Å². The molecule has 1 aromatic heterocycles. The first kappa shape index (κ1) is 19.6. The molecule has 4 rings (SSSR count). The van der Waals surface area contributed by atoms with Crippen LogP contribution < -0.4 is 5.32 Å². The van der Waals surface area contributed by atoms with Gasteiger partial charge >= 0.3 is 0 Å². The number of amides is 3. The van der Waals surface area contributed by atoms with Crippen molar-refractivity contribution in [3.8, 4) is 0 Å². The third-order valence-electron chi connectivity index (χ3n) is 5.68. The standard InChI is InChI=1S/C22H25N3O3S/c26-20(23-15-16-7-2-1-3-8-16)17-9-4-12-24(17)21(27)18-10-5-13-25(18)22(28)19-11-6-14-29-19/h1-3,6-8,11,14,17-18H,4-5,9-10,12-13,15H2,(H,23,26)/t17-,18-/m0/s1. The molecule has 6 nitrogen and oxygen atoms in total. The van der Waals surface area contributed by atoms with Crippen LogP contribution in [0.2, 0.25) is 0 Å². The summed E-state index contributed by atoms with van der Waals surface area (Å²) in [6, 6.07) is 12.5. The molecule has 152 valence electrons. The fourth-order valence-corrected chi connectivity index (χ4v) is 4.88. The van der Waals surface area contributed by atoms with Gasteiger partial charge in [-0.1, -0.05) is 36.4 Å². The van der Waals surface area contributed by atoms with Gasteiger partial charge < -0.3 is 15.1 Å². The van der Waals surface area contributed by atoms with Gasteiger partial charge in [0.05, 0.1) is 4.88 Å². The van der Waals surface area contributed by atoms with Crippen LogP contribution in [0.5, 0.6) is 0 Å². The van der Waals surface area contributed by atoms with E-state index in [1.165, 1.54) is 11.3 Å². The first-order valence-electron chi connectivity index (χ1n) is 10.1. The number of carbonyl (C=O) groups excluding carboxylic acids is 3. The van der Waals surface area contributed by atoms with E-state index in [1.807, 2.05) is 41.8 Å². The third kappa shape index (κ3) is 4.19. The van der Waals surface area contributed by atoms with Gasteiger partial charge in [0.2, 0.25) is 11.8 Å². The van der Waals surface area contributed by atoms with Crippen molar-refractivity contribution < 1.29 is 14.4 Å². The van der Waals surface area contributed by atoms with Gasteiger partial charge in [0.15, 0.2) is 0 Å². The second-order valence-corrected chi connectivity index (χ2v) is 8.47. The van der Waals surface area contributed by atoms with E-state index in [1.54, 1.807) is 15.9 Å². The van der Waals surface area contributed by atoms with Gasteiger partial charge in [-0.2, -0.15) is 0 Å². The second kappa shape index (κ2) is 8.78. The predicted molar refractivity (Wildman–Crippen MR) is 111 cm³/mol. The van der Waals surface area contributed by atoms with E-state index >= 15 is 0 Å². The number of benzene rings is 1. The zero-order valence-corrected chi connectivity index (χ0v) is 17.1. The molecule has 29 heavy (non-hydrogen) atoms. The highest BCUT2D eigenvalue weighted by Crippen LogP contribution is 2.27. The van der Waals surface area contributed by atoms with E-state index in [0.29, 0.717) is 37.4 Å². The fourth-order valence-electron chi connectivity index (χ4n) is 4.21. The van der Waals surface area contributed by atoms with Crippen molar-refractivity contribution in [1.82, 2.24) is 15.1 Å². The van der Waals surface area contributed by atoms with Gasteiger partial charge in [-0.3, -0.25) is 14.4 Å². The van der Waals surface area contributed by atoms with Gasteiger partial charge in [0, 0.05) is 19.6 Å². The quantitative estimate of drug-likeness (QED) is 0.822. The van der Waals surface area contributed by atoms with Crippen molar-refractivity contribution >= 4 is 29.1 Å². The predicted octanol–water partition coefficient (Wildman–Crippen LogP) is 2.66. The maximum absolute atomic E-state index is 13.3. The van der Waals surface area contributed by atoms with Gasteiger partial charge in [-0.15, -0.1) is 11.3 Å². The lowest BCUT2D eigenvalue weighted by Crippen LogP contribution is -2.52. The van der Waals surface area contributed by atoms with Crippen LogP contribution in [0.4, 0.5) is 0 Å². The SMILES string of the molecule is O=C(NCc1ccccc1)[C@@H]1CCCN1C(=O)[C@@H]1CCCN1C(=O)c1cccs1. The van der Waals surface area contributed by atoms with E-state index in [2.05, 4.69) is 5.32 Å². The lowest BCUT2D eigenvalue weighted by Gasteiger charge is -2.30. The Morgan fingerprint density at radius 2 is 1.66 bits per heavy atom. The molecular weight excluding hydrogens is 386 g/mol. The number of likely N-dealkylation sites (tertiary alicyclic amines) is 2. The van der Waals surface area contributed by atoms with Gasteiger partial charge in [-0.25, -0.2) is 0 Å². The number of thiophene rings is 1. The van der Waals surface area contributed by atoms with E-state index < -0.39 is 12.1 Å². The van der Waals surface area contributed by atoms with Crippen LogP contribution in [0.15, 0.2) is 47.8 Å². The van der Waals surface area contributed by atoms with Gasteiger partial charge in [-0.05, 0) is 42.7 Å². The largest absolute Gasteiger partial charge is 0.350 e. The summed E-state index contributed by atoms with van der Waals surface area (Å²) < 4.78 is 0. The molecular formula is C22H25N3O3S. The molecule has 0 radical (unpaired) electrons. The van der Waals surface area contributed by atoms with Crippen molar-refractivity contribution in [2.75, 3.05) is 13.1 Å². The molecule has 0 bridgehead atoms. The Balaban J connectivity index is 1.41. The van der Waals surface area contributed by atoms with Crippen molar-refractivity contribution in [3.63, 3.8) is 0 Å².